The minimum atomic E-state index is 0.145. The van der Waals surface area contributed by atoms with Crippen LogP contribution in [-0.2, 0) is 13.0 Å². The number of fused-ring (bicyclic) bond motifs is 1. The second-order valence-electron chi connectivity index (χ2n) is 5.62. The van der Waals surface area contributed by atoms with E-state index in [4.69, 9.17) is 0 Å². The SMILES string of the molecule is Cc1cc(C)cc(C(=O)N2CCc3ccccc3C2)c1. The van der Waals surface area contributed by atoms with Gasteiger partial charge in [-0.1, -0.05) is 41.5 Å². The van der Waals surface area contributed by atoms with Gasteiger partial charge in [-0.2, -0.15) is 0 Å². The van der Waals surface area contributed by atoms with Crippen LogP contribution in [-0.4, -0.2) is 17.4 Å². The quantitative estimate of drug-likeness (QED) is 0.772. The number of nitrogens with zero attached hydrogens (tertiary/aromatic N) is 1. The first-order valence-corrected chi connectivity index (χ1v) is 7.08. The Labute approximate surface area is 120 Å². The maximum absolute atomic E-state index is 12.6. The van der Waals surface area contributed by atoms with E-state index in [1.54, 1.807) is 0 Å². The van der Waals surface area contributed by atoms with E-state index in [1.165, 1.54) is 11.1 Å². The molecular formula is C18H19NO. The summed E-state index contributed by atoms with van der Waals surface area (Å²) in [5, 5.41) is 0. The largest absolute Gasteiger partial charge is 0.334 e. The van der Waals surface area contributed by atoms with Gasteiger partial charge in [0.25, 0.3) is 5.91 Å². The Morgan fingerprint density at radius 2 is 1.65 bits per heavy atom. The highest BCUT2D eigenvalue weighted by atomic mass is 16.2. The molecule has 1 amide bonds. The fourth-order valence-corrected chi connectivity index (χ4v) is 2.95. The second kappa shape index (κ2) is 5.12. The van der Waals surface area contributed by atoms with Crippen LogP contribution >= 0.6 is 0 Å². The molecule has 0 saturated heterocycles. The van der Waals surface area contributed by atoms with Crippen molar-refractivity contribution in [2.45, 2.75) is 26.8 Å². The van der Waals surface area contributed by atoms with Gasteiger partial charge < -0.3 is 4.90 Å². The van der Waals surface area contributed by atoms with Crippen LogP contribution in [0.4, 0.5) is 0 Å². The molecule has 2 aromatic carbocycles. The predicted octanol–water partition coefficient (Wildman–Crippen LogP) is 3.50. The number of aryl methyl sites for hydroxylation is 2. The lowest BCUT2D eigenvalue weighted by Crippen LogP contribution is -2.36. The third-order valence-electron chi connectivity index (χ3n) is 3.89. The summed E-state index contributed by atoms with van der Waals surface area (Å²) in [6.07, 6.45) is 0.951. The first-order valence-electron chi connectivity index (χ1n) is 7.08. The molecule has 0 unspecified atom stereocenters. The Hall–Kier alpha value is -2.09. The van der Waals surface area contributed by atoms with Crippen LogP contribution in [0.1, 0.15) is 32.6 Å². The van der Waals surface area contributed by atoms with E-state index in [0.29, 0.717) is 0 Å². The van der Waals surface area contributed by atoms with E-state index in [1.807, 2.05) is 36.9 Å². The average Bonchev–Trinajstić information content (AvgIpc) is 2.45. The smallest absolute Gasteiger partial charge is 0.254 e. The van der Waals surface area contributed by atoms with Crippen molar-refractivity contribution in [3.05, 3.63) is 70.3 Å². The molecule has 0 aromatic heterocycles. The zero-order valence-corrected chi connectivity index (χ0v) is 12.0. The van der Waals surface area contributed by atoms with Crippen LogP contribution in [0.25, 0.3) is 0 Å². The molecular weight excluding hydrogens is 246 g/mol. The summed E-state index contributed by atoms with van der Waals surface area (Å²) in [5.41, 5.74) is 5.74. The van der Waals surface area contributed by atoms with Gasteiger partial charge in [-0.3, -0.25) is 4.79 Å². The van der Waals surface area contributed by atoms with Crippen molar-refractivity contribution in [3.63, 3.8) is 0 Å². The van der Waals surface area contributed by atoms with Gasteiger partial charge in [0, 0.05) is 18.7 Å². The third kappa shape index (κ3) is 2.46. The first kappa shape index (κ1) is 12.9. The summed E-state index contributed by atoms with van der Waals surface area (Å²) in [4.78, 5) is 14.6. The van der Waals surface area contributed by atoms with Crippen LogP contribution < -0.4 is 0 Å². The first-order chi connectivity index (χ1) is 9.63. The highest BCUT2D eigenvalue weighted by Gasteiger charge is 2.21. The van der Waals surface area contributed by atoms with E-state index >= 15 is 0 Å². The third-order valence-corrected chi connectivity index (χ3v) is 3.89. The molecule has 0 fully saturated rings. The van der Waals surface area contributed by atoms with Gasteiger partial charge >= 0.3 is 0 Å². The molecule has 1 aliphatic rings. The van der Waals surface area contributed by atoms with E-state index in [-0.39, 0.29) is 5.91 Å². The van der Waals surface area contributed by atoms with Crippen molar-refractivity contribution >= 4 is 5.91 Å². The Bertz CT molecular complexity index is 640. The summed E-state index contributed by atoms with van der Waals surface area (Å²) in [6.45, 7) is 5.61. The van der Waals surface area contributed by atoms with Crippen LogP contribution in [0.5, 0.6) is 0 Å². The van der Waals surface area contributed by atoms with E-state index < -0.39 is 0 Å². The number of carbonyl (C=O) groups excluding carboxylic acids is 1. The lowest BCUT2D eigenvalue weighted by atomic mass is 9.99. The van der Waals surface area contributed by atoms with Gasteiger partial charge in [0.2, 0.25) is 0 Å². The molecule has 0 N–H and O–H groups in total. The molecule has 0 bridgehead atoms. The van der Waals surface area contributed by atoms with Gasteiger partial charge in [-0.25, -0.2) is 0 Å². The summed E-state index contributed by atoms with van der Waals surface area (Å²) in [6, 6.07) is 14.5. The molecule has 1 aliphatic heterocycles. The number of carbonyl (C=O) groups is 1. The lowest BCUT2D eigenvalue weighted by Gasteiger charge is -2.29. The topological polar surface area (TPSA) is 20.3 Å². The van der Waals surface area contributed by atoms with Gasteiger partial charge in [-0.15, -0.1) is 0 Å². The van der Waals surface area contributed by atoms with Crippen molar-refractivity contribution < 1.29 is 4.79 Å². The number of hydrogen-bond acceptors (Lipinski definition) is 1. The molecule has 0 saturated carbocycles. The molecule has 102 valence electrons. The van der Waals surface area contributed by atoms with Gasteiger partial charge in [0.05, 0.1) is 0 Å². The fourth-order valence-electron chi connectivity index (χ4n) is 2.95. The number of rotatable bonds is 1. The Kier molecular flexibility index (Phi) is 3.31. The molecule has 0 radical (unpaired) electrons. The molecule has 20 heavy (non-hydrogen) atoms. The van der Waals surface area contributed by atoms with Crippen molar-refractivity contribution in [2.24, 2.45) is 0 Å². The van der Waals surface area contributed by atoms with Crippen molar-refractivity contribution in [1.82, 2.24) is 4.90 Å². The lowest BCUT2D eigenvalue weighted by molar-refractivity contribution is 0.0734. The van der Waals surface area contributed by atoms with Crippen LogP contribution in [0.15, 0.2) is 42.5 Å². The molecule has 2 heteroatoms. The fraction of sp³-hybridized carbons (Fsp3) is 0.278. The standard InChI is InChI=1S/C18H19NO/c1-13-9-14(2)11-17(10-13)18(20)19-8-7-15-5-3-4-6-16(15)12-19/h3-6,9-11H,7-8,12H2,1-2H3. The molecule has 2 nitrogen and oxygen atoms in total. The van der Waals surface area contributed by atoms with E-state index in [9.17, 15) is 4.79 Å². The van der Waals surface area contributed by atoms with Crippen LogP contribution in [0.2, 0.25) is 0 Å². The summed E-state index contributed by atoms with van der Waals surface area (Å²) in [7, 11) is 0. The Morgan fingerprint density at radius 1 is 1.00 bits per heavy atom. The highest BCUT2D eigenvalue weighted by Crippen LogP contribution is 2.21. The Balaban J connectivity index is 1.86. The zero-order chi connectivity index (χ0) is 14.1. The normalized spacial score (nSPS) is 14.0. The Morgan fingerprint density at radius 3 is 2.35 bits per heavy atom. The molecule has 2 aromatic rings. The summed E-state index contributed by atoms with van der Waals surface area (Å²) >= 11 is 0. The molecule has 3 rings (SSSR count). The van der Waals surface area contributed by atoms with E-state index in [0.717, 1.165) is 36.2 Å². The average molecular weight is 265 g/mol. The highest BCUT2D eigenvalue weighted by molar-refractivity contribution is 5.94. The van der Waals surface area contributed by atoms with Crippen molar-refractivity contribution in [1.29, 1.82) is 0 Å². The summed E-state index contributed by atoms with van der Waals surface area (Å²) in [5.74, 6) is 0.145. The minimum absolute atomic E-state index is 0.145. The van der Waals surface area contributed by atoms with Crippen LogP contribution in [0.3, 0.4) is 0 Å². The maximum atomic E-state index is 12.6. The monoisotopic (exact) mass is 265 g/mol. The summed E-state index contributed by atoms with van der Waals surface area (Å²) < 4.78 is 0. The van der Waals surface area contributed by atoms with Gasteiger partial charge in [-0.05, 0) is 43.5 Å². The minimum Gasteiger partial charge on any atom is -0.334 e. The maximum Gasteiger partial charge on any atom is 0.254 e. The molecule has 0 aliphatic carbocycles. The molecule has 1 heterocycles. The predicted molar refractivity (Wildman–Crippen MR) is 80.8 cm³/mol. The van der Waals surface area contributed by atoms with Gasteiger partial charge in [0.15, 0.2) is 0 Å². The molecule has 0 spiro atoms. The van der Waals surface area contributed by atoms with Gasteiger partial charge in [0.1, 0.15) is 0 Å². The van der Waals surface area contributed by atoms with Crippen molar-refractivity contribution in [3.8, 4) is 0 Å². The van der Waals surface area contributed by atoms with Crippen LogP contribution in [0, 0.1) is 13.8 Å². The number of benzene rings is 2. The number of hydrogen-bond donors (Lipinski definition) is 0. The zero-order valence-electron chi connectivity index (χ0n) is 12.0. The number of amides is 1. The van der Waals surface area contributed by atoms with Crippen molar-refractivity contribution in [2.75, 3.05) is 6.54 Å². The molecule has 0 atom stereocenters. The van der Waals surface area contributed by atoms with E-state index in [2.05, 4.69) is 24.3 Å². The second-order valence-corrected chi connectivity index (χ2v) is 5.62.